The summed E-state index contributed by atoms with van der Waals surface area (Å²) in [5.41, 5.74) is 4.16. The van der Waals surface area contributed by atoms with Crippen LogP contribution >= 0.6 is 11.6 Å². The van der Waals surface area contributed by atoms with E-state index in [0.29, 0.717) is 40.0 Å². The van der Waals surface area contributed by atoms with Gasteiger partial charge in [-0.25, -0.2) is 4.39 Å². The number of amides is 1. The van der Waals surface area contributed by atoms with Crippen LogP contribution in [0.2, 0.25) is 5.02 Å². The van der Waals surface area contributed by atoms with E-state index in [1.165, 1.54) is 13.0 Å². The molecule has 0 aliphatic rings. The van der Waals surface area contributed by atoms with Gasteiger partial charge >= 0.3 is 0 Å². The Kier molecular flexibility index (Phi) is 8.84. The molecular formula is C25H25ClFN5O2. The number of pyridine rings is 2. The van der Waals surface area contributed by atoms with Crippen molar-refractivity contribution in [2.75, 3.05) is 7.05 Å². The SMILES string of the molecule is CC=O.CNCc1ccc(Cc2cc(C(=O)NCc3cc4c(Cl)c[nH]c4cc3F)ccn2)cn1. The first-order valence-electron chi connectivity index (χ1n) is 10.6. The monoisotopic (exact) mass is 481 g/mol. The Hall–Kier alpha value is -3.62. The smallest absolute Gasteiger partial charge is 0.251 e. The summed E-state index contributed by atoms with van der Waals surface area (Å²) in [5, 5.41) is 7.05. The molecule has 9 heteroatoms. The number of nitrogens with zero attached hydrogens (tertiary/aromatic N) is 2. The van der Waals surface area contributed by atoms with Gasteiger partial charge in [0.05, 0.1) is 10.7 Å². The lowest BCUT2D eigenvalue weighted by atomic mass is 10.1. The van der Waals surface area contributed by atoms with Gasteiger partial charge in [0, 0.05) is 65.8 Å². The van der Waals surface area contributed by atoms with Crippen LogP contribution < -0.4 is 10.6 Å². The van der Waals surface area contributed by atoms with Crippen LogP contribution in [0.5, 0.6) is 0 Å². The summed E-state index contributed by atoms with van der Waals surface area (Å²) in [6.45, 7) is 2.20. The zero-order valence-electron chi connectivity index (χ0n) is 18.9. The summed E-state index contributed by atoms with van der Waals surface area (Å²) < 4.78 is 14.3. The van der Waals surface area contributed by atoms with E-state index in [-0.39, 0.29) is 12.5 Å². The molecule has 0 saturated carbocycles. The molecule has 0 unspecified atom stereocenters. The Morgan fingerprint density at radius 3 is 2.65 bits per heavy atom. The van der Waals surface area contributed by atoms with Crippen LogP contribution in [-0.2, 0) is 24.3 Å². The normalized spacial score (nSPS) is 10.5. The number of aromatic nitrogens is 3. The summed E-state index contributed by atoms with van der Waals surface area (Å²) >= 11 is 6.11. The number of H-pyrrole nitrogens is 1. The summed E-state index contributed by atoms with van der Waals surface area (Å²) in [5.74, 6) is -0.707. The van der Waals surface area contributed by atoms with Crippen molar-refractivity contribution in [1.29, 1.82) is 0 Å². The van der Waals surface area contributed by atoms with Gasteiger partial charge in [-0.1, -0.05) is 17.7 Å². The lowest BCUT2D eigenvalue weighted by Crippen LogP contribution is -2.23. The number of fused-ring (bicyclic) bond motifs is 1. The fourth-order valence-electron chi connectivity index (χ4n) is 3.34. The van der Waals surface area contributed by atoms with Crippen LogP contribution in [0.25, 0.3) is 10.9 Å². The molecule has 4 aromatic rings. The second-order valence-corrected chi connectivity index (χ2v) is 7.85. The standard InChI is InChI=1S/C23H21ClFN5O.C2H4O/c1-26-12-17-3-2-14(10-28-17)6-18-7-15(4-5-27-18)23(31)30-11-16-8-19-20(24)13-29-22(19)9-21(16)25;1-2-3/h2-5,7-10,13,26,29H,6,11-12H2,1H3,(H,30,31);2H,1H3. The molecule has 0 saturated heterocycles. The first kappa shape index (κ1) is 25.0. The van der Waals surface area contributed by atoms with Crippen LogP contribution in [0.3, 0.4) is 0 Å². The van der Waals surface area contributed by atoms with Crippen LogP contribution in [-0.4, -0.2) is 34.2 Å². The molecule has 1 amide bonds. The lowest BCUT2D eigenvalue weighted by Gasteiger charge is -2.08. The Morgan fingerprint density at radius 1 is 1.15 bits per heavy atom. The summed E-state index contributed by atoms with van der Waals surface area (Å²) in [6, 6.07) is 10.4. The third-order valence-corrected chi connectivity index (χ3v) is 5.26. The van der Waals surface area contributed by atoms with Crippen molar-refractivity contribution in [2.45, 2.75) is 26.4 Å². The second-order valence-electron chi connectivity index (χ2n) is 7.44. The molecule has 0 aliphatic carbocycles. The molecule has 0 atom stereocenters. The molecule has 34 heavy (non-hydrogen) atoms. The van der Waals surface area contributed by atoms with Crippen molar-refractivity contribution in [3.63, 3.8) is 0 Å². The molecule has 0 aliphatic heterocycles. The van der Waals surface area contributed by atoms with Crippen LogP contribution in [0.1, 0.15) is 39.8 Å². The maximum absolute atomic E-state index is 14.3. The van der Waals surface area contributed by atoms with E-state index in [9.17, 15) is 9.18 Å². The molecule has 3 N–H and O–H groups in total. The molecule has 176 valence electrons. The van der Waals surface area contributed by atoms with E-state index in [0.717, 1.165) is 23.2 Å². The number of hydrogen-bond donors (Lipinski definition) is 3. The number of rotatable bonds is 7. The first-order chi connectivity index (χ1) is 16.4. The number of nitrogens with one attached hydrogen (secondary N) is 3. The number of hydrogen-bond acceptors (Lipinski definition) is 5. The Bertz CT molecular complexity index is 1270. The van der Waals surface area contributed by atoms with E-state index < -0.39 is 5.82 Å². The third kappa shape index (κ3) is 6.46. The number of carbonyl (C=O) groups excluding carboxylic acids is 2. The number of benzene rings is 1. The van der Waals surface area contributed by atoms with Crippen LogP contribution in [0.15, 0.2) is 55.0 Å². The topological polar surface area (TPSA) is 99.8 Å². The Morgan fingerprint density at radius 2 is 1.94 bits per heavy atom. The molecule has 0 bridgehead atoms. The lowest BCUT2D eigenvalue weighted by molar-refractivity contribution is -0.106. The van der Waals surface area contributed by atoms with E-state index in [4.69, 9.17) is 16.4 Å². The van der Waals surface area contributed by atoms with Gasteiger partial charge in [0.15, 0.2) is 0 Å². The zero-order valence-corrected chi connectivity index (χ0v) is 19.6. The maximum Gasteiger partial charge on any atom is 0.251 e. The van der Waals surface area contributed by atoms with Crippen LogP contribution in [0.4, 0.5) is 4.39 Å². The number of halogens is 2. The zero-order chi connectivity index (χ0) is 24.5. The number of aromatic amines is 1. The largest absolute Gasteiger partial charge is 0.360 e. The Balaban J connectivity index is 0.00000103. The van der Waals surface area contributed by atoms with Gasteiger partial charge in [-0.05, 0) is 49.9 Å². The molecule has 3 aromatic heterocycles. The van der Waals surface area contributed by atoms with E-state index in [2.05, 4.69) is 25.6 Å². The van der Waals surface area contributed by atoms with Crippen molar-refractivity contribution in [3.8, 4) is 0 Å². The van der Waals surface area contributed by atoms with Gasteiger partial charge in [0.25, 0.3) is 5.91 Å². The van der Waals surface area contributed by atoms with Crippen molar-refractivity contribution in [1.82, 2.24) is 25.6 Å². The fourth-order valence-corrected chi connectivity index (χ4v) is 3.55. The minimum atomic E-state index is -0.407. The average molecular weight is 482 g/mol. The number of carbonyl (C=O) groups is 2. The predicted molar refractivity (Wildman–Crippen MR) is 130 cm³/mol. The van der Waals surface area contributed by atoms with Gasteiger partial charge < -0.3 is 20.4 Å². The summed E-state index contributed by atoms with van der Waals surface area (Å²) in [7, 11) is 1.87. The minimum absolute atomic E-state index is 0.0522. The van der Waals surface area contributed by atoms with E-state index in [1.54, 1.807) is 30.6 Å². The summed E-state index contributed by atoms with van der Waals surface area (Å²) in [6.07, 6.45) is 6.33. The van der Waals surface area contributed by atoms with E-state index >= 15 is 0 Å². The quantitative estimate of drug-likeness (QED) is 0.344. The molecule has 7 nitrogen and oxygen atoms in total. The van der Waals surface area contributed by atoms with Crippen molar-refractivity contribution in [2.24, 2.45) is 0 Å². The fraction of sp³-hybridized carbons (Fsp3) is 0.200. The third-order valence-electron chi connectivity index (χ3n) is 4.95. The molecule has 0 fully saturated rings. The van der Waals surface area contributed by atoms with E-state index in [1.807, 2.05) is 25.4 Å². The minimum Gasteiger partial charge on any atom is -0.360 e. The van der Waals surface area contributed by atoms with Gasteiger partial charge in [0.2, 0.25) is 0 Å². The number of aldehydes is 1. The molecular weight excluding hydrogens is 457 g/mol. The highest BCUT2D eigenvalue weighted by molar-refractivity contribution is 6.35. The van der Waals surface area contributed by atoms with Gasteiger partial charge in [0.1, 0.15) is 12.1 Å². The highest BCUT2D eigenvalue weighted by atomic mass is 35.5. The average Bonchev–Trinajstić information content (AvgIpc) is 3.18. The highest BCUT2D eigenvalue weighted by Gasteiger charge is 2.12. The Labute approximate surface area is 201 Å². The highest BCUT2D eigenvalue weighted by Crippen LogP contribution is 2.25. The molecule has 3 heterocycles. The maximum atomic E-state index is 14.3. The van der Waals surface area contributed by atoms with Crippen molar-refractivity contribution < 1.29 is 14.0 Å². The van der Waals surface area contributed by atoms with Crippen LogP contribution in [0, 0.1) is 5.82 Å². The molecule has 4 rings (SSSR count). The first-order valence-corrected chi connectivity index (χ1v) is 11.0. The molecule has 0 radical (unpaired) electrons. The van der Waals surface area contributed by atoms with Crippen molar-refractivity contribution >= 4 is 34.7 Å². The predicted octanol–water partition coefficient (Wildman–Crippen LogP) is 4.20. The molecule has 1 aromatic carbocycles. The van der Waals surface area contributed by atoms with Gasteiger partial charge in [-0.3, -0.25) is 14.8 Å². The molecule has 0 spiro atoms. The second kappa shape index (κ2) is 12.0. The van der Waals surface area contributed by atoms with Crippen molar-refractivity contribution in [3.05, 3.63) is 93.9 Å². The summed E-state index contributed by atoms with van der Waals surface area (Å²) in [4.78, 5) is 33.1. The van der Waals surface area contributed by atoms with Gasteiger partial charge in [-0.15, -0.1) is 0 Å². The van der Waals surface area contributed by atoms with Gasteiger partial charge in [-0.2, -0.15) is 0 Å².